The molecule has 3 aromatic carbocycles. The predicted molar refractivity (Wildman–Crippen MR) is 110 cm³/mol. The molecule has 0 saturated heterocycles. The van der Waals surface area contributed by atoms with Gasteiger partial charge in [0.25, 0.3) is 5.91 Å². The molecule has 0 radical (unpaired) electrons. The van der Waals surface area contributed by atoms with Gasteiger partial charge in [-0.1, -0.05) is 28.1 Å². The van der Waals surface area contributed by atoms with Crippen molar-refractivity contribution in [3.63, 3.8) is 0 Å². The molecule has 6 nitrogen and oxygen atoms in total. The third kappa shape index (κ3) is 5.79. The van der Waals surface area contributed by atoms with E-state index in [2.05, 4.69) is 26.5 Å². The van der Waals surface area contributed by atoms with Crippen molar-refractivity contribution < 1.29 is 24.1 Å². The number of rotatable bonds is 6. The average molecular weight is 459 g/mol. The summed E-state index contributed by atoms with van der Waals surface area (Å²) in [6.45, 7) is 0.162. The van der Waals surface area contributed by atoms with Crippen molar-refractivity contribution in [3.05, 3.63) is 87.6 Å². The minimum atomic E-state index is -0.607. The van der Waals surface area contributed by atoms with Crippen molar-refractivity contribution in [2.75, 3.05) is 0 Å². The summed E-state index contributed by atoms with van der Waals surface area (Å²) in [5, 5.41) is 22.8. The minimum Gasteiger partial charge on any atom is -0.508 e. The van der Waals surface area contributed by atoms with E-state index in [1.807, 2.05) is 0 Å². The molecule has 0 aliphatic carbocycles. The minimum absolute atomic E-state index is 0.0523. The van der Waals surface area contributed by atoms with Gasteiger partial charge in [-0.3, -0.25) is 4.79 Å². The van der Waals surface area contributed by atoms with Gasteiger partial charge in [0.05, 0.1) is 6.21 Å². The normalized spacial score (nSPS) is 10.8. The van der Waals surface area contributed by atoms with Gasteiger partial charge in [-0.25, -0.2) is 9.82 Å². The lowest BCUT2D eigenvalue weighted by molar-refractivity contribution is 0.0954. The van der Waals surface area contributed by atoms with E-state index in [4.69, 9.17) is 4.74 Å². The Bertz CT molecular complexity index is 1050. The molecule has 3 N–H and O–H groups in total. The Labute approximate surface area is 174 Å². The summed E-state index contributed by atoms with van der Waals surface area (Å²) in [5.41, 5.74) is 3.62. The highest BCUT2D eigenvalue weighted by atomic mass is 79.9. The van der Waals surface area contributed by atoms with Crippen molar-refractivity contribution in [2.24, 2.45) is 5.10 Å². The number of benzene rings is 3. The van der Waals surface area contributed by atoms with Crippen molar-refractivity contribution >= 4 is 28.1 Å². The Hall–Kier alpha value is -3.39. The van der Waals surface area contributed by atoms with Crippen LogP contribution in [0.25, 0.3) is 0 Å². The maximum absolute atomic E-state index is 13.3. The fraction of sp³-hybridized carbons (Fsp3) is 0.0476. The zero-order valence-corrected chi connectivity index (χ0v) is 16.6. The first-order chi connectivity index (χ1) is 13.9. The van der Waals surface area contributed by atoms with E-state index < -0.39 is 5.91 Å². The van der Waals surface area contributed by atoms with Gasteiger partial charge in [-0.05, 0) is 48.0 Å². The number of nitrogens with one attached hydrogen (secondary N) is 1. The number of hydrogen-bond donors (Lipinski definition) is 3. The number of hydrogen-bond acceptors (Lipinski definition) is 5. The SMILES string of the molecule is O=C(N/N=C\c1cc(Br)ccc1OCc1cccc(F)c1)c1cc(O)cc(O)c1. The van der Waals surface area contributed by atoms with Crippen LogP contribution in [-0.4, -0.2) is 22.3 Å². The van der Waals surface area contributed by atoms with Gasteiger partial charge < -0.3 is 14.9 Å². The van der Waals surface area contributed by atoms with E-state index in [1.165, 1.54) is 30.5 Å². The molecule has 8 heteroatoms. The number of nitrogens with zero attached hydrogens (tertiary/aromatic N) is 1. The zero-order valence-electron chi connectivity index (χ0n) is 15.0. The lowest BCUT2D eigenvalue weighted by Gasteiger charge is -2.10. The highest BCUT2D eigenvalue weighted by Crippen LogP contribution is 2.23. The number of aromatic hydroxyl groups is 2. The van der Waals surface area contributed by atoms with E-state index in [-0.39, 0.29) is 29.5 Å². The summed E-state index contributed by atoms with van der Waals surface area (Å²) in [6.07, 6.45) is 1.40. The summed E-state index contributed by atoms with van der Waals surface area (Å²) in [4.78, 5) is 12.1. The number of carbonyl (C=O) groups excluding carboxylic acids is 1. The lowest BCUT2D eigenvalue weighted by Crippen LogP contribution is -2.17. The maximum atomic E-state index is 13.3. The molecule has 3 aromatic rings. The molecule has 0 spiro atoms. The Morgan fingerprint density at radius 1 is 1.10 bits per heavy atom. The summed E-state index contributed by atoms with van der Waals surface area (Å²) in [7, 11) is 0. The summed E-state index contributed by atoms with van der Waals surface area (Å²) in [5.74, 6) is -0.933. The molecule has 0 saturated carbocycles. The Morgan fingerprint density at radius 3 is 2.59 bits per heavy atom. The van der Waals surface area contributed by atoms with Crippen molar-refractivity contribution in [1.29, 1.82) is 0 Å². The van der Waals surface area contributed by atoms with E-state index in [0.717, 1.165) is 10.5 Å². The van der Waals surface area contributed by atoms with Crippen LogP contribution < -0.4 is 10.2 Å². The highest BCUT2D eigenvalue weighted by molar-refractivity contribution is 9.10. The number of amides is 1. The van der Waals surface area contributed by atoms with Crippen LogP contribution in [-0.2, 0) is 6.61 Å². The van der Waals surface area contributed by atoms with E-state index in [9.17, 15) is 19.4 Å². The van der Waals surface area contributed by atoms with Crippen molar-refractivity contribution in [2.45, 2.75) is 6.61 Å². The first kappa shape index (κ1) is 20.3. The number of phenolic OH excluding ortho intramolecular Hbond substituents is 2. The Balaban J connectivity index is 1.71. The fourth-order valence-corrected chi connectivity index (χ4v) is 2.87. The second-order valence-corrected chi connectivity index (χ2v) is 6.95. The van der Waals surface area contributed by atoms with Crippen molar-refractivity contribution in [1.82, 2.24) is 5.43 Å². The first-order valence-corrected chi connectivity index (χ1v) is 9.23. The molecule has 0 atom stereocenters. The summed E-state index contributed by atoms with van der Waals surface area (Å²) >= 11 is 3.37. The smallest absolute Gasteiger partial charge is 0.271 e. The monoisotopic (exact) mass is 458 g/mol. The summed E-state index contributed by atoms with van der Waals surface area (Å²) in [6, 6.07) is 14.9. The molecule has 0 aliphatic heterocycles. The zero-order chi connectivity index (χ0) is 20.8. The van der Waals surface area contributed by atoms with Crippen LogP contribution in [0.4, 0.5) is 4.39 Å². The number of phenols is 2. The van der Waals surface area contributed by atoms with Gasteiger partial charge in [0, 0.05) is 21.7 Å². The third-order valence-corrected chi connectivity index (χ3v) is 4.28. The van der Waals surface area contributed by atoms with Gasteiger partial charge in [-0.15, -0.1) is 0 Å². The van der Waals surface area contributed by atoms with Crippen LogP contribution in [0.3, 0.4) is 0 Å². The molecule has 3 rings (SSSR count). The lowest BCUT2D eigenvalue weighted by atomic mass is 10.2. The van der Waals surface area contributed by atoms with Crippen LogP contribution in [0, 0.1) is 5.82 Å². The molecule has 1 amide bonds. The van der Waals surface area contributed by atoms with E-state index in [0.29, 0.717) is 16.9 Å². The summed E-state index contributed by atoms with van der Waals surface area (Å²) < 4.78 is 19.8. The van der Waals surface area contributed by atoms with Crippen LogP contribution in [0.1, 0.15) is 21.5 Å². The van der Waals surface area contributed by atoms with E-state index >= 15 is 0 Å². The van der Waals surface area contributed by atoms with Gasteiger partial charge in [0.15, 0.2) is 0 Å². The average Bonchev–Trinajstić information content (AvgIpc) is 2.66. The number of halogens is 2. The molecule has 0 heterocycles. The van der Waals surface area contributed by atoms with Gasteiger partial charge in [-0.2, -0.15) is 5.10 Å². The highest BCUT2D eigenvalue weighted by Gasteiger charge is 2.08. The first-order valence-electron chi connectivity index (χ1n) is 8.44. The fourth-order valence-electron chi connectivity index (χ4n) is 2.49. The molecule has 0 unspecified atom stereocenters. The second-order valence-electron chi connectivity index (χ2n) is 6.04. The molecule has 29 heavy (non-hydrogen) atoms. The number of hydrazone groups is 1. The molecule has 0 aliphatic rings. The molecule has 148 valence electrons. The van der Waals surface area contributed by atoms with Gasteiger partial charge >= 0.3 is 0 Å². The standard InChI is InChI=1S/C21H16BrFN2O4/c22-16-4-5-20(29-12-13-2-1-3-17(23)6-13)15(7-16)11-24-25-21(28)14-8-18(26)10-19(27)9-14/h1-11,26-27H,12H2,(H,25,28)/b24-11-. The van der Waals surface area contributed by atoms with Gasteiger partial charge in [0.2, 0.25) is 0 Å². The van der Waals surface area contributed by atoms with Crippen molar-refractivity contribution in [3.8, 4) is 17.2 Å². The molecule has 0 bridgehead atoms. The van der Waals surface area contributed by atoms with E-state index in [1.54, 1.807) is 30.3 Å². The largest absolute Gasteiger partial charge is 0.508 e. The predicted octanol–water partition coefficient (Wildman–Crippen LogP) is 4.34. The van der Waals surface area contributed by atoms with Gasteiger partial charge in [0.1, 0.15) is 29.7 Å². The number of ether oxygens (including phenoxy) is 1. The molecule has 0 fully saturated rings. The Kier molecular flexibility index (Phi) is 6.46. The topological polar surface area (TPSA) is 91.2 Å². The second kappa shape index (κ2) is 9.20. The molecular formula is C21H16BrFN2O4. The van der Waals surface area contributed by atoms with Crippen LogP contribution in [0.2, 0.25) is 0 Å². The molecule has 0 aromatic heterocycles. The Morgan fingerprint density at radius 2 is 1.86 bits per heavy atom. The maximum Gasteiger partial charge on any atom is 0.271 e. The van der Waals surface area contributed by atoms with Crippen LogP contribution in [0.15, 0.2) is 70.2 Å². The van der Waals surface area contributed by atoms with Crippen LogP contribution >= 0.6 is 15.9 Å². The molecular weight excluding hydrogens is 443 g/mol. The third-order valence-electron chi connectivity index (χ3n) is 3.79. The number of carbonyl (C=O) groups is 1. The quantitative estimate of drug-likeness (QED) is 0.378. The van der Waals surface area contributed by atoms with Crippen LogP contribution in [0.5, 0.6) is 17.2 Å².